The second-order valence-electron chi connectivity index (χ2n) is 5.98. The average Bonchev–Trinajstić information content (AvgIpc) is 2.96. The number of esters is 1. The molecule has 130 valence electrons. The van der Waals surface area contributed by atoms with Crippen LogP contribution in [0.4, 0.5) is 5.69 Å². The van der Waals surface area contributed by atoms with Crippen LogP contribution in [0, 0.1) is 0 Å². The van der Waals surface area contributed by atoms with Crippen LogP contribution in [0.25, 0.3) is 0 Å². The maximum absolute atomic E-state index is 12.6. The predicted molar refractivity (Wildman–Crippen MR) is 95.0 cm³/mol. The van der Waals surface area contributed by atoms with Gasteiger partial charge < -0.3 is 14.4 Å². The molecule has 0 aromatic heterocycles. The standard InChI is InChI=1S/C20H21NO4/c1-3-24-20(23)15-8-10-17(11-9-15)25-13-19(22)21-14(2)12-16-6-4-5-7-18(16)21/h4-11,14H,3,12-13H2,1-2H3. The maximum atomic E-state index is 12.6. The second kappa shape index (κ2) is 7.38. The number of benzene rings is 2. The summed E-state index contributed by atoms with van der Waals surface area (Å²) >= 11 is 0. The molecule has 0 aliphatic carbocycles. The Bertz CT molecular complexity index is 770. The number of carbonyl (C=O) groups is 2. The van der Waals surface area contributed by atoms with Gasteiger partial charge in [-0.2, -0.15) is 0 Å². The van der Waals surface area contributed by atoms with Crippen molar-refractivity contribution in [2.45, 2.75) is 26.3 Å². The van der Waals surface area contributed by atoms with Gasteiger partial charge in [0.05, 0.1) is 12.2 Å². The van der Waals surface area contributed by atoms with Crippen LogP contribution in [-0.4, -0.2) is 31.1 Å². The minimum Gasteiger partial charge on any atom is -0.484 e. The Morgan fingerprint density at radius 2 is 1.84 bits per heavy atom. The number of ether oxygens (including phenoxy) is 2. The van der Waals surface area contributed by atoms with Crippen molar-refractivity contribution in [2.75, 3.05) is 18.1 Å². The molecule has 0 fully saturated rings. The quantitative estimate of drug-likeness (QED) is 0.785. The van der Waals surface area contributed by atoms with Crippen LogP contribution >= 0.6 is 0 Å². The molecule has 1 aliphatic heterocycles. The van der Waals surface area contributed by atoms with E-state index in [1.807, 2.05) is 31.2 Å². The minimum atomic E-state index is -0.368. The van der Waals surface area contributed by atoms with E-state index >= 15 is 0 Å². The summed E-state index contributed by atoms with van der Waals surface area (Å²) in [6, 6.07) is 14.7. The Kier molecular flexibility index (Phi) is 5.03. The summed E-state index contributed by atoms with van der Waals surface area (Å²) < 4.78 is 10.5. The normalized spacial score (nSPS) is 15.6. The molecule has 0 spiro atoms. The van der Waals surface area contributed by atoms with Crippen LogP contribution in [0.15, 0.2) is 48.5 Å². The first-order valence-corrected chi connectivity index (χ1v) is 8.40. The first-order chi connectivity index (χ1) is 12.1. The highest BCUT2D eigenvalue weighted by atomic mass is 16.5. The van der Waals surface area contributed by atoms with Gasteiger partial charge in [0.2, 0.25) is 0 Å². The third-order valence-electron chi connectivity index (χ3n) is 4.20. The van der Waals surface area contributed by atoms with Gasteiger partial charge in [-0.1, -0.05) is 18.2 Å². The lowest BCUT2D eigenvalue weighted by atomic mass is 10.1. The summed E-state index contributed by atoms with van der Waals surface area (Å²) in [7, 11) is 0. The number of para-hydroxylation sites is 1. The van der Waals surface area contributed by atoms with E-state index in [4.69, 9.17) is 9.47 Å². The molecule has 2 aromatic carbocycles. The monoisotopic (exact) mass is 339 g/mol. The van der Waals surface area contributed by atoms with Gasteiger partial charge in [0, 0.05) is 11.7 Å². The fourth-order valence-electron chi connectivity index (χ4n) is 3.06. The van der Waals surface area contributed by atoms with Crippen molar-refractivity contribution in [1.82, 2.24) is 0 Å². The van der Waals surface area contributed by atoms with Gasteiger partial charge in [-0.3, -0.25) is 4.79 Å². The van der Waals surface area contributed by atoms with E-state index in [9.17, 15) is 9.59 Å². The number of hydrogen-bond acceptors (Lipinski definition) is 4. The third kappa shape index (κ3) is 3.65. The maximum Gasteiger partial charge on any atom is 0.338 e. The van der Waals surface area contributed by atoms with Crippen molar-refractivity contribution in [2.24, 2.45) is 0 Å². The SMILES string of the molecule is CCOC(=O)c1ccc(OCC(=O)N2c3ccccc3CC2C)cc1. The van der Waals surface area contributed by atoms with Crippen molar-refractivity contribution in [3.05, 3.63) is 59.7 Å². The zero-order valence-corrected chi connectivity index (χ0v) is 14.4. The van der Waals surface area contributed by atoms with Crippen molar-refractivity contribution in [3.8, 4) is 5.75 Å². The van der Waals surface area contributed by atoms with E-state index in [2.05, 4.69) is 0 Å². The number of fused-ring (bicyclic) bond motifs is 1. The predicted octanol–water partition coefficient (Wildman–Crippen LogP) is 3.22. The number of amides is 1. The lowest BCUT2D eigenvalue weighted by molar-refractivity contribution is -0.120. The summed E-state index contributed by atoms with van der Waals surface area (Å²) in [6.07, 6.45) is 0.857. The molecule has 1 heterocycles. The number of rotatable bonds is 5. The smallest absolute Gasteiger partial charge is 0.338 e. The zero-order chi connectivity index (χ0) is 17.8. The average molecular weight is 339 g/mol. The number of anilines is 1. The van der Waals surface area contributed by atoms with E-state index in [0.29, 0.717) is 17.9 Å². The molecule has 0 N–H and O–H groups in total. The summed E-state index contributed by atoms with van der Waals surface area (Å²) in [5.74, 6) is 0.0982. The molecule has 0 saturated heterocycles. The van der Waals surface area contributed by atoms with Crippen molar-refractivity contribution in [3.63, 3.8) is 0 Å². The molecule has 25 heavy (non-hydrogen) atoms. The van der Waals surface area contributed by atoms with Gasteiger partial charge in [0.1, 0.15) is 5.75 Å². The van der Waals surface area contributed by atoms with Crippen LogP contribution in [-0.2, 0) is 16.0 Å². The molecule has 1 atom stereocenters. The first kappa shape index (κ1) is 17.0. The van der Waals surface area contributed by atoms with Gasteiger partial charge in [0.15, 0.2) is 6.61 Å². The third-order valence-corrected chi connectivity index (χ3v) is 4.20. The number of hydrogen-bond donors (Lipinski definition) is 0. The second-order valence-corrected chi connectivity index (χ2v) is 5.98. The molecule has 0 radical (unpaired) electrons. The van der Waals surface area contributed by atoms with Gasteiger partial charge in [-0.05, 0) is 56.2 Å². The van der Waals surface area contributed by atoms with Crippen LogP contribution in [0.3, 0.4) is 0 Å². The molecule has 1 unspecified atom stereocenters. The Hall–Kier alpha value is -2.82. The summed E-state index contributed by atoms with van der Waals surface area (Å²) in [5.41, 5.74) is 2.60. The highest BCUT2D eigenvalue weighted by Crippen LogP contribution is 2.31. The molecule has 5 nitrogen and oxygen atoms in total. The van der Waals surface area contributed by atoms with E-state index < -0.39 is 0 Å². The lowest BCUT2D eigenvalue weighted by Crippen LogP contribution is -2.39. The number of carbonyl (C=O) groups excluding carboxylic acids is 2. The Morgan fingerprint density at radius 3 is 2.56 bits per heavy atom. The lowest BCUT2D eigenvalue weighted by Gasteiger charge is -2.22. The summed E-state index contributed by atoms with van der Waals surface area (Å²) in [6.45, 7) is 4.09. The molecule has 2 aromatic rings. The van der Waals surface area contributed by atoms with E-state index in [-0.39, 0.29) is 24.5 Å². The minimum absolute atomic E-state index is 0.0442. The molecular formula is C20H21NO4. The molecule has 1 amide bonds. The van der Waals surface area contributed by atoms with Gasteiger partial charge >= 0.3 is 5.97 Å². The molecule has 0 bridgehead atoms. The molecule has 1 aliphatic rings. The number of nitrogens with zero attached hydrogens (tertiary/aromatic N) is 1. The van der Waals surface area contributed by atoms with Gasteiger partial charge in [0.25, 0.3) is 5.91 Å². The Labute approximate surface area is 147 Å². The van der Waals surface area contributed by atoms with Crippen molar-refractivity contribution in [1.29, 1.82) is 0 Å². The van der Waals surface area contributed by atoms with Crippen LogP contribution < -0.4 is 9.64 Å². The Balaban J connectivity index is 1.62. The van der Waals surface area contributed by atoms with Crippen LogP contribution in [0.1, 0.15) is 29.8 Å². The Morgan fingerprint density at radius 1 is 1.12 bits per heavy atom. The fraction of sp³-hybridized carbons (Fsp3) is 0.300. The van der Waals surface area contributed by atoms with Crippen molar-refractivity contribution < 1.29 is 19.1 Å². The highest BCUT2D eigenvalue weighted by Gasteiger charge is 2.30. The topological polar surface area (TPSA) is 55.8 Å². The molecule has 3 rings (SSSR count). The van der Waals surface area contributed by atoms with E-state index in [0.717, 1.165) is 12.1 Å². The van der Waals surface area contributed by atoms with Crippen LogP contribution in [0.5, 0.6) is 5.75 Å². The highest BCUT2D eigenvalue weighted by molar-refractivity contribution is 5.97. The molecule has 5 heteroatoms. The van der Waals surface area contributed by atoms with E-state index in [1.54, 1.807) is 36.1 Å². The summed E-state index contributed by atoms with van der Waals surface area (Å²) in [4.78, 5) is 26.0. The van der Waals surface area contributed by atoms with Crippen LogP contribution in [0.2, 0.25) is 0 Å². The van der Waals surface area contributed by atoms with Gasteiger partial charge in [-0.15, -0.1) is 0 Å². The fourth-order valence-corrected chi connectivity index (χ4v) is 3.06. The van der Waals surface area contributed by atoms with Crippen molar-refractivity contribution >= 4 is 17.6 Å². The largest absolute Gasteiger partial charge is 0.484 e. The first-order valence-electron chi connectivity index (χ1n) is 8.40. The van der Waals surface area contributed by atoms with E-state index in [1.165, 1.54) is 5.56 Å². The molecule has 0 saturated carbocycles. The summed E-state index contributed by atoms with van der Waals surface area (Å²) in [5, 5.41) is 0. The zero-order valence-electron chi connectivity index (χ0n) is 14.4. The van der Waals surface area contributed by atoms with Gasteiger partial charge in [-0.25, -0.2) is 4.79 Å². The molecular weight excluding hydrogens is 318 g/mol.